The third-order valence-electron chi connectivity index (χ3n) is 3.00. The van der Waals surface area contributed by atoms with Gasteiger partial charge in [-0.3, -0.25) is 4.79 Å². The first-order chi connectivity index (χ1) is 8.60. The van der Waals surface area contributed by atoms with Crippen molar-refractivity contribution in [3.63, 3.8) is 0 Å². The molecule has 19 heavy (non-hydrogen) atoms. The first-order valence-corrected chi connectivity index (χ1v) is 7.04. The molecule has 1 saturated heterocycles. The van der Waals surface area contributed by atoms with Crippen LogP contribution in [-0.2, 0) is 14.8 Å². The summed E-state index contributed by atoms with van der Waals surface area (Å²) in [6.07, 6.45) is 0. The van der Waals surface area contributed by atoms with Crippen LogP contribution in [0.3, 0.4) is 0 Å². The molecule has 2 rings (SSSR count). The fraction of sp³-hybridized carbons (Fsp3) is 0.273. The van der Waals surface area contributed by atoms with Gasteiger partial charge >= 0.3 is 5.97 Å². The number of carbonyl (C=O) groups excluding carboxylic acids is 1. The van der Waals surface area contributed by atoms with E-state index in [9.17, 15) is 18.0 Å². The Bertz CT molecular complexity index is 695. The van der Waals surface area contributed by atoms with Crippen molar-refractivity contribution < 1.29 is 23.1 Å². The van der Waals surface area contributed by atoms with Crippen LogP contribution in [-0.4, -0.2) is 30.1 Å². The number of hydrogen-bond acceptors (Lipinski definition) is 4. The van der Waals surface area contributed by atoms with Gasteiger partial charge < -0.3 is 5.11 Å². The Hall–Kier alpha value is -1.60. The van der Waals surface area contributed by atoms with E-state index in [1.807, 2.05) is 0 Å². The van der Waals surface area contributed by atoms with E-state index in [0.717, 1.165) is 6.07 Å². The highest BCUT2D eigenvalue weighted by molar-refractivity contribution is 7.98. The molecule has 1 amide bonds. The van der Waals surface area contributed by atoms with Gasteiger partial charge in [0.05, 0.1) is 16.3 Å². The third-order valence-corrected chi connectivity index (χ3v) is 5.62. The molecule has 0 aromatic heterocycles. The van der Waals surface area contributed by atoms with Crippen molar-refractivity contribution >= 4 is 39.2 Å². The molecular weight excluding hydrogens is 294 g/mol. The monoisotopic (exact) mass is 303 g/mol. The van der Waals surface area contributed by atoms with Crippen LogP contribution in [0.4, 0.5) is 5.69 Å². The molecule has 0 spiro atoms. The molecule has 1 aromatic carbocycles. The fourth-order valence-corrected chi connectivity index (χ4v) is 3.44. The molecule has 1 heterocycles. The smallest absolute Gasteiger partial charge is 0.335 e. The van der Waals surface area contributed by atoms with Crippen LogP contribution in [0, 0.1) is 0 Å². The number of sulfonamides is 1. The lowest BCUT2D eigenvalue weighted by atomic mass is 10.1. The van der Waals surface area contributed by atoms with Crippen molar-refractivity contribution in [2.45, 2.75) is 18.6 Å². The second-order valence-corrected chi connectivity index (χ2v) is 7.30. The molecule has 102 valence electrons. The maximum absolute atomic E-state index is 12.0. The highest BCUT2D eigenvalue weighted by Gasteiger charge is 2.61. The molecule has 0 saturated carbocycles. The van der Waals surface area contributed by atoms with Crippen molar-refractivity contribution in [3.8, 4) is 0 Å². The molecule has 8 heteroatoms. The fourth-order valence-electron chi connectivity index (χ4n) is 1.69. The Morgan fingerprint density at radius 2 is 1.95 bits per heavy atom. The van der Waals surface area contributed by atoms with Crippen LogP contribution in [0.15, 0.2) is 18.2 Å². The van der Waals surface area contributed by atoms with Crippen LogP contribution in [0.2, 0.25) is 5.02 Å². The lowest BCUT2D eigenvalue weighted by Gasteiger charge is -2.43. The van der Waals surface area contributed by atoms with Gasteiger partial charge in [-0.2, -0.15) is 0 Å². The number of halogens is 1. The Labute approximate surface area is 114 Å². The predicted molar refractivity (Wildman–Crippen MR) is 68.9 cm³/mol. The second kappa shape index (κ2) is 3.94. The minimum Gasteiger partial charge on any atom is -0.478 e. The highest BCUT2D eigenvalue weighted by Crippen LogP contribution is 2.42. The summed E-state index contributed by atoms with van der Waals surface area (Å²) in [5, 5.41) is 8.87. The van der Waals surface area contributed by atoms with Crippen molar-refractivity contribution in [1.29, 1.82) is 0 Å². The summed E-state index contributed by atoms with van der Waals surface area (Å²) in [7, 11) is -3.86. The molecule has 6 nitrogen and oxygen atoms in total. The summed E-state index contributed by atoms with van der Waals surface area (Å²) >= 11 is 5.84. The van der Waals surface area contributed by atoms with Gasteiger partial charge in [0.25, 0.3) is 15.9 Å². The van der Waals surface area contributed by atoms with Crippen LogP contribution < -0.4 is 4.31 Å². The number of carboxylic acids is 1. The lowest BCUT2D eigenvalue weighted by Crippen LogP contribution is -2.67. The summed E-state index contributed by atoms with van der Waals surface area (Å²) in [6.45, 7) is 2.58. The van der Waals surface area contributed by atoms with Gasteiger partial charge in [0.2, 0.25) is 0 Å². The molecule has 0 unspecified atom stereocenters. The van der Waals surface area contributed by atoms with E-state index in [4.69, 9.17) is 16.7 Å². The van der Waals surface area contributed by atoms with Crippen molar-refractivity contribution in [2.24, 2.45) is 0 Å². The second-order valence-electron chi connectivity index (χ2n) is 4.56. The van der Waals surface area contributed by atoms with Crippen LogP contribution in [0.1, 0.15) is 24.2 Å². The number of rotatable bonds is 2. The minimum absolute atomic E-state index is 0.00238. The maximum Gasteiger partial charge on any atom is 0.335 e. The van der Waals surface area contributed by atoms with E-state index in [1.54, 1.807) is 0 Å². The Kier molecular flexibility index (Phi) is 2.87. The Balaban J connectivity index is 2.59. The number of hydrogen-bond donors (Lipinski definition) is 1. The molecule has 1 aliphatic rings. The molecule has 0 atom stereocenters. The van der Waals surface area contributed by atoms with E-state index >= 15 is 0 Å². The molecule has 0 radical (unpaired) electrons. The summed E-state index contributed by atoms with van der Waals surface area (Å²) in [5.41, 5.74) is -0.280. The number of amides is 1. The van der Waals surface area contributed by atoms with Gasteiger partial charge in [-0.05, 0) is 32.0 Å². The van der Waals surface area contributed by atoms with Crippen LogP contribution in [0.25, 0.3) is 0 Å². The van der Waals surface area contributed by atoms with E-state index in [1.165, 1.54) is 26.0 Å². The maximum atomic E-state index is 12.0. The number of benzene rings is 1. The van der Waals surface area contributed by atoms with E-state index in [-0.39, 0.29) is 16.3 Å². The van der Waals surface area contributed by atoms with E-state index < -0.39 is 26.6 Å². The minimum atomic E-state index is -3.86. The van der Waals surface area contributed by atoms with Gasteiger partial charge in [0.1, 0.15) is 0 Å². The topological polar surface area (TPSA) is 91.8 Å². The third kappa shape index (κ3) is 1.73. The Morgan fingerprint density at radius 3 is 2.42 bits per heavy atom. The van der Waals surface area contributed by atoms with Crippen molar-refractivity contribution in [2.75, 3.05) is 4.31 Å². The number of aromatic carboxylic acids is 1. The molecular formula is C11H10ClNO5S. The quantitative estimate of drug-likeness (QED) is 0.893. The Morgan fingerprint density at radius 1 is 1.37 bits per heavy atom. The highest BCUT2D eigenvalue weighted by atomic mass is 35.5. The molecule has 1 fully saturated rings. The van der Waals surface area contributed by atoms with Gasteiger partial charge in [-0.1, -0.05) is 11.6 Å². The predicted octanol–water partition coefficient (Wildman–Crippen LogP) is 1.49. The normalized spacial score (nSPS) is 19.9. The largest absolute Gasteiger partial charge is 0.478 e. The van der Waals surface area contributed by atoms with Crippen molar-refractivity contribution in [1.82, 2.24) is 0 Å². The molecule has 1 N–H and O–H groups in total. The standard InChI is InChI=1S/C11H10ClNO5S/c1-11(2)10(16)13(19(11,17)18)8-5-6(9(14)15)3-4-7(8)12/h3-5H,1-2H3,(H,14,15). The zero-order valence-electron chi connectivity index (χ0n) is 10.0. The zero-order chi connectivity index (χ0) is 14.6. The first-order valence-electron chi connectivity index (χ1n) is 5.23. The average molecular weight is 304 g/mol. The van der Waals surface area contributed by atoms with Gasteiger partial charge in [-0.15, -0.1) is 0 Å². The SMILES string of the molecule is CC1(C)C(=O)N(c2cc(C(=O)O)ccc2Cl)S1(=O)=O. The number of nitrogens with zero attached hydrogens (tertiary/aromatic N) is 1. The summed E-state index contributed by atoms with van der Waals surface area (Å²) in [5.74, 6) is -1.88. The molecule has 0 bridgehead atoms. The van der Waals surface area contributed by atoms with Crippen molar-refractivity contribution in [3.05, 3.63) is 28.8 Å². The zero-order valence-corrected chi connectivity index (χ0v) is 11.6. The van der Waals surface area contributed by atoms with E-state index in [2.05, 4.69) is 0 Å². The molecule has 1 aliphatic heterocycles. The first kappa shape index (κ1) is 13.8. The summed E-state index contributed by atoms with van der Waals surface area (Å²) in [4.78, 5) is 22.7. The summed E-state index contributed by atoms with van der Waals surface area (Å²) in [6, 6.07) is 3.54. The van der Waals surface area contributed by atoms with Gasteiger partial charge in [0, 0.05) is 0 Å². The number of anilines is 1. The van der Waals surface area contributed by atoms with E-state index in [0.29, 0.717) is 4.31 Å². The van der Waals surface area contributed by atoms with Crippen LogP contribution in [0.5, 0.6) is 0 Å². The number of carbonyl (C=O) groups is 2. The number of carboxylic acid groups (broad SMARTS) is 1. The van der Waals surface area contributed by atoms with Gasteiger partial charge in [0.15, 0.2) is 4.75 Å². The summed E-state index contributed by atoms with van der Waals surface area (Å²) < 4.78 is 23.1. The van der Waals surface area contributed by atoms with Gasteiger partial charge in [-0.25, -0.2) is 17.5 Å². The lowest BCUT2D eigenvalue weighted by molar-refractivity contribution is -0.120. The van der Waals surface area contributed by atoms with Crippen LogP contribution >= 0.6 is 11.6 Å². The average Bonchev–Trinajstić information content (AvgIpc) is 2.30. The molecule has 0 aliphatic carbocycles. The molecule has 1 aromatic rings.